The Morgan fingerprint density at radius 3 is 1.02 bits per heavy atom. The number of benzene rings is 9. The highest BCUT2D eigenvalue weighted by molar-refractivity contribution is 6.15. The molecule has 0 amide bonds. The Hall–Kier alpha value is -7.55. The summed E-state index contributed by atoms with van der Waals surface area (Å²) in [6, 6.07) is 77.8. The lowest BCUT2D eigenvalue weighted by atomic mass is 9.74. The molecule has 1 aromatic heterocycles. The molecule has 10 aromatic rings. The van der Waals surface area contributed by atoms with Gasteiger partial charge in [-0.25, -0.2) is 0 Å². The van der Waals surface area contributed by atoms with Crippen LogP contribution in [0.25, 0.3) is 94.3 Å². The van der Waals surface area contributed by atoms with Crippen molar-refractivity contribution in [1.29, 1.82) is 0 Å². The van der Waals surface area contributed by atoms with Gasteiger partial charge in [0.05, 0.1) is 11.0 Å². The number of rotatable bonds is 8. The molecular formula is C55H37NO. The highest BCUT2D eigenvalue weighted by atomic mass is 16.1. The molecule has 0 unspecified atom stereocenters. The van der Waals surface area contributed by atoms with Gasteiger partial charge in [-0.15, -0.1) is 0 Å². The quantitative estimate of drug-likeness (QED) is 0.143. The second-order valence-electron chi connectivity index (χ2n) is 14.4. The van der Waals surface area contributed by atoms with E-state index in [1.165, 1.54) is 33.4 Å². The Bertz CT molecular complexity index is 2920. The lowest BCUT2D eigenvalue weighted by Crippen LogP contribution is -2.02. The van der Waals surface area contributed by atoms with E-state index in [9.17, 15) is 4.79 Å². The van der Waals surface area contributed by atoms with Gasteiger partial charge in [0.15, 0.2) is 0 Å². The standard InChI is InChI=1S/C55H37NO/c57-37-38-30-35-49-47(36-38)46-28-16-17-29-48(46)56(49)45-33-31-44(32-34-45)55-53(42-24-12-4-13-25-42)51(40-20-8-2-9-21-40)50(39-18-6-1-7-19-39)52(41-22-10-3-11-23-41)54(55)43-26-14-5-15-27-43/h1-37H. The van der Waals surface area contributed by atoms with E-state index in [0.717, 1.165) is 67.2 Å². The third-order valence-electron chi connectivity index (χ3n) is 11.1. The van der Waals surface area contributed by atoms with Crippen molar-refractivity contribution in [2.24, 2.45) is 0 Å². The molecule has 57 heavy (non-hydrogen) atoms. The van der Waals surface area contributed by atoms with Crippen molar-refractivity contribution < 1.29 is 4.79 Å². The Morgan fingerprint density at radius 1 is 0.298 bits per heavy atom. The Kier molecular flexibility index (Phi) is 8.70. The molecular weight excluding hydrogens is 691 g/mol. The van der Waals surface area contributed by atoms with E-state index in [2.05, 4.69) is 211 Å². The summed E-state index contributed by atoms with van der Waals surface area (Å²) < 4.78 is 2.31. The van der Waals surface area contributed by atoms with Crippen LogP contribution in [-0.4, -0.2) is 10.9 Å². The summed E-state index contributed by atoms with van der Waals surface area (Å²) in [5, 5.41) is 2.18. The molecule has 0 fully saturated rings. The molecule has 0 saturated carbocycles. The van der Waals surface area contributed by atoms with Crippen LogP contribution >= 0.6 is 0 Å². The predicted molar refractivity (Wildman–Crippen MR) is 239 cm³/mol. The molecule has 0 atom stereocenters. The number of fused-ring (bicyclic) bond motifs is 3. The average Bonchev–Trinajstić information content (AvgIpc) is 3.63. The van der Waals surface area contributed by atoms with E-state index in [4.69, 9.17) is 0 Å². The van der Waals surface area contributed by atoms with E-state index in [-0.39, 0.29) is 0 Å². The van der Waals surface area contributed by atoms with E-state index >= 15 is 0 Å². The summed E-state index contributed by atoms with van der Waals surface area (Å²) in [7, 11) is 0. The first kappa shape index (κ1) is 34.0. The zero-order chi connectivity index (χ0) is 38.1. The number of hydrogen-bond acceptors (Lipinski definition) is 1. The van der Waals surface area contributed by atoms with Gasteiger partial charge in [-0.1, -0.05) is 182 Å². The minimum absolute atomic E-state index is 0.671. The zero-order valence-electron chi connectivity index (χ0n) is 31.2. The molecule has 0 saturated heterocycles. The minimum atomic E-state index is 0.671. The van der Waals surface area contributed by atoms with E-state index in [0.29, 0.717) is 5.56 Å². The van der Waals surface area contributed by atoms with Gasteiger partial charge in [-0.2, -0.15) is 0 Å². The Labute approximate surface area is 332 Å². The van der Waals surface area contributed by atoms with Crippen molar-refractivity contribution in [3.8, 4) is 72.4 Å². The van der Waals surface area contributed by atoms with Gasteiger partial charge in [0.25, 0.3) is 0 Å². The van der Waals surface area contributed by atoms with Gasteiger partial charge < -0.3 is 4.57 Å². The van der Waals surface area contributed by atoms with Gasteiger partial charge in [0.2, 0.25) is 0 Å². The first-order valence-electron chi connectivity index (χ1n) is 19.4. The van der Waals surface area contributed by atoms with Crippen LogP contribution in [0.3, 0.4) is 0 Å². The van der Waals surface area contributed by atoms with Crippen LogP contribution in [0.15, 0.2) is 218 Å². The molecule has 9 aromatic carbocycles. The molecule has 1 heterocycles. The average molecular weight is 728 g/mol. The monoisotopic (exact) mass is 727 g/mol. The van der Waals surface area contributed by atoms with Crippen molar-refractivity contribution >= 4 is 28.1 Å². The van der Waals surface area contributed by atoms with Crippen LogP contribution in [0.2, 0.25) is 0 Å². The largest absolute Gasteiger partial charge is 0.309 e. The summed E-state index contributed by atoms with van der Waals surface area (Å²) in [6.07, 6.45) is 0.922. The smallest absolute Gasteiger partial charge is 0.150 e. The van der Waals surface area contributed by atoms with Gasteiger partial charge in [-0.3, -0.25) is 4.79 Å². The third-order valence-corrected chi connectivity index (χ3v) is 11.1. The van der Waals surface area contributed by atoms with Crippen LogP contribution in [0, 0.1) is 0 Å². The molecule has 0 aliphatic rings. The number of aldehydes is 1. The topological polar surface area (TPSA) is 22.0 Å². The number of carbonyl (C=O) groups excluding carboxylic acids is 1. The van der Waals surface area contributed by atoms with Gasteiger partial charge >= 0.3 is 0 Å². The maximum absolute atomic E-state index is 11.8. The van der Waals surface area contributed by atoms with Gasteiger partial charge in [-0.05, 0) is 103 Å². The molecule has 2 heteroatoms. The molecule has 0 spiro atoms. The van der Waals surface area contributed by atoms with Crippen LogP contribution in [-0.2, 0) is 0 Å². The molecule has 10 rings (SSSR count). The molecule has 268 valence electrons. The maximum atomic E-state index is 11.8. The van der Waals surface area contributed by atoms with Crippen molar-refractivity contribution in [2.45, 2.75) is 0 Å². The molecule has 0 N–H and O–H groups in total. The van der Waals surface area contributed by atoms with Gasteiger partial charge in [0, 0.05) is 22.0 Å². The molecule has 0 aliphatic heterocycles. The first-order valence-corrected chi connectivity index (χ1v) is 19.4. The fraction of sp³-hybridized carbons (Fsp3) is 0. The normalized spacial score (nSPS) is 11.2. The molecule has 0 aliphatic carbocycles. The third kappa shape index (κ3) is 5.96. The zero-order valence-corrected chi connectivity index (χ0v) is 31.2. The number of nitrogens with zero attached hydrogens (tertiary/aromatic N) is 1. The summed E-state index contributed by atoms with van der Waals surface area (Å²) >= 11 is 0. The van der Waals surface area contributed by atoms with Crippen molar-refractivity contribution in [3.63, 3.8) is 0 Å². The highest BCUT2D eigenvalue weighted by Gasteiger charge is 2.29. The minimum Gasteiger partial charge on any atom is -0.309 e. The Balaban J connectivity index is 1.36. The first-order chi connectivity index (χ1) is 28.3. The SMILES string of the molecule is O=Cc1ccc2c(c1)c1ccccc1n2-c1ccc(-c2c(-c3ccccc3)c(-c3ccccc3)c(-c3ccccc3)c(-c3ccccc3)c2-c2ccccc2)cc1. The maximum Gasteiger partial charge on any atom is 0.150 e. The fourth-order valence-electron chi connectivity index (χ4n) is 8.63. The van der Waals surface area contributed by atoms with Crippen LogP contribution in [0.1, 0.15) is 10.4 Å². The number of para-hydroxylation sites is 1. The lowest BCUT2D eigenvalue weighted by molar-refractivity contribution is 0.112. The Morgan fingerprint density at radius 2 is 0.632 bits per heavy atom. The van der Waals surface area contributed by atoms with Crippen molar-refractivity contribution in [3.05, 3.63) is 224 Å². The molecule has 0 bridgehead atoms. The summed E-state index contributed by atoms with van der Waals surface area (Å²) in [4.78, 5) is 11.8. The highest BCUT2D eigenvalue weighted by Crippen LogP contribution is 2.55. The number of hydrogen-bond donors (Lipinski definition) is 0. The van der Waals surface area contributed by atoms with E-state index < -0.39 is 0 Å². The molecule has 0 radical (unpaired) electrons. The van der Waals surface area contributed by atoms with E-state index in [1.54, 1.807) is 0 Å². The lowest BCUT2D eigenvalue weighted by Gasteiger charge is -2.29. The second kappa shape index (κ2) is 14.6. The van der Waals surface area contributed by atoms with Gasteiger partial charge in [0.1, 0.15) is 6.29 Å². The predicted octanol–water partition coefficient (Wildman–Crippen LogP) is 14.6. The number of aromatic nitrogens is 1. The second-order valence-corrected chi connectivity index (χ2v) is 14.4. The van der Waals surface area contributed by atoms with E-state index in [1.807, 2.05) is 12.1 Å². The van der Waals surface area contributed by atoms with Crippen LogP contribution in [0.5, 0.6) is 0 Å². The summed E-state index contributed by atoms with van der Waals surface area (Å²) in [6.45, 7) is 0. The molecule has 2 nitrogen and oxygen atoms in total. The summed E-state index contributed by atoms with van der Waals surface area (Å²) in [5.74, 6) is 0. The fourth-order valence-corrected chi connectivity index (χ4v) is 8.63. The van der Waals surface area contributed by atoms with Crippen molar-refractivity contribution in [1.82, 2.24) is 4.57 Å². The summed E-state index contributed by atoms with van der Waals surface area (Å²) in [5.41, 5.74) is 17.9. The van der Waals surface area contributed by atoms with Crippen LogP contribution < -0.4 is 0 Å². The van der Waals surface area contributed by atoms with Crippen molar-refractivity contribution in [2.75, 3.05) is 0 Å². The van der Waals surface area contributed by atoms with Crippen LogP contribution in [0.4, 0.5) is 0 Å². The number of carbonyl (C=O) groups is 1.